The minimum Gasteiger partial charge on any atom is -0.481 e. The minimum atomic E-state index is -0.915. The summed E-state index contributed by atoms with van der Waals surface area (Å²) in [6, 6.07) is 11.7. The van der Waals surface area contributed by atoms with E-state index in [-0.39, 0.29) is 18.9 Å². The van der Waals surface area contributed by atoms with Crippen LogP contribution in [0.4, 0.5) is 0 Å². The normalized spacial score (nSPS) is 10.4. The van der Waals surface area contributed by atoms with Gasteiger partial charge in [0, 0.05) is 24.0 Å². The number of hydrogen-bond donors (Lipinski definition) is 2. The highest BCUT2D eigenvalue weighted by Gasteiger charge is 2.05. The summed E-state index contributed by atoms with van der Waals surface area (Å²) >= 11 is 0. The average molecular weight is 272 g/mol. The highest BCUT2D eigenvalue weighted by molar-refractivity contribution is 5.79. The molecule has 0 fully saturated rings. The number of fused-ring (bicyclic) bond motifs is 1. The molecule has 5 heteroatoms. The number of aryl methyl sites for hydroxylation is 1. The van der Waals surface area contributed by atoms with E-state index in [4.69, 9.17) is 5.11 Å². The van der Waals surface area contributed by atoms with E-state index in [1.807, 2.05) is 36.4 Å². The molecule has 2 rings (SSSR count). The molecule has 5 nitrogen and oxygen atoms in total. The molecule has 0 aliphatic heterocycles. The number of carboxylic acids is 1. The van der Waals surface area contributed by atoms with Crippen molar-refractivity contribution >= 4 is 22.8 Å². The van der Waals surface area contributed by atoms with Gasteiger partial charge in [-0.3, -0.25) is 14.6 Å². The van der Waals surface area contributed by atoms with Crippen LogP contribution < -0.4 is 5.32 Å². The second-order valence-corrected chi connectivity index (χ2v) is 4.49. The Morgan fingerprint density at radius 2 is 1.90 bits per heavy atom. The lowest BCUT2D eigenvalue weighted by Crippen LogP contribution is -2.26. The molecule has 0 saturated heterocycles. The maximum Gasteiger partial charge on any atom is 0.305 e. The lowest BCUT2D eigenvalue weighted by molar-refractivity contribution is -0.136. The van der Waals surface area contributed by atoms with Crippen molar-refractivity contribution in [3.8, 4) is 0 Å². The minimum absolute atomic E-state index is 0.0556. The zero-order valence-electron chi connectivity index (χ0n) is 11.0. The first-order chi connectivity index (χ1) is 9.65. The first-order valence-electron chi connectivity index (χ1n) is 6.48. The molecule has 2 N–H and O–H groups in total. The number of para-hydroxylation sites is 1. The van der Waals surface area contributed by atoms with Crippen molar-refractivity contribution in [2.24, 2.45) is 0 Å². The van der Waals surface area contributed by atoms with Crippen molar-refractivity contribution in [2.75, 3.05) is 6.54 Å². The lowest BCUT2D eigenvalue weighted by Gasteiger charge is -2.04. The Labute approximate surface area is 116 Å². The number of carboxylic acid groups (broad SMARTS) is 1. The van der Waals surface area contributed by atoms with Crippen LogP contribution >= 0.6 is 0 Å². The second-order valence-electron chi connectivity index (χ2n) is 4.49. The Kier molecular flexibility index (Phi) is 4.65. The highest BCUT2D eigenvalue weighted by atomic mass is 16.4. The van der Waals surface area contributed by atoms with Crippen LogP contribution in [0.5, 0.6) is 0 Å². The first kappa shape index (κ1) is 14.0. The van der Waals surface area contributed by atoms with E-state index < -0.39 is 5.97 Å². The van der Waals surface area contributed by atoms with Gasteiger partial charge in [-0.1, -0.05) is 24.3 Å². The summed E-state index contributed by atoms with van der Waals surface area (Å²) in [7, 11) is 0. The van der Waals surface area contributed by atoms with E-state index >= 15 is 0 Å². The molecule has 1 aromatic carbocycles. The van der Waals surface area contributed by atoms with Gasteiger partial charge < -0.3 is 10.4 Å². The van der Waals surface area contributed by atoms with Gasteiger partial charge in [0.2, 0.25) is 5.91 Å². The zero-order valence-corrected chi connectivity index (χ0v) is 11.0. The molecular formula is C15H16N2O3. The molecule has 0 unspecified atom stereocenters. The van der Waals surface area contributed by atoms with Crippen molar-refractivity contribution in [1.82, 2.24) is 10.3 Å². The third kappa shape index (κ3) is 4.05. The van der Waals surface area contributed by atoms with Crippen LogP contribution in [-0.4, -0.2) is 28.5 Å². The van der Waals surface area contributed by atoms with E-state index in [0.717, 1.165) is 16.6 Å². The topological polar surface area (TPSA) is 79.3 Å². The Balaban J connectivity index is 1.86. The van der Waals surface area contributed by atoms with Crippen LogP contribution in [0.2, 0.25) is 0 Å². The van der Waals surface area contributed by atoms with Gasteiger partial charge in [-0.25, -0.2) is 0 Å². The van der Waals surface area contributed by atoms with Gasteiger partial charge in [0.05, 0.1) is 11.9 Å². The summed E-state index contributed by atoms with van der Waals surface area (Å²) in [4.78, 5) is 26.3. The van der Waals surface area contributed by atoms with Crippen LogP contribution in [0.25, 0.3) is 10.9 Å². The average Bonchev–Trinajstić information content (AvgIpc) is 2.44. The van der Waals surface area contributed by atoms with Gasteiger partial charge in [-0.2, -0.15) is 0 Å². The van der Waals surface area contributed by atoms with E-state index in [2.05, 4.69) is 10.3 Å². The molecule has 0 bridgehead atoms. The number of carbonyl (C=O) groups excluding carboxylic acids is 1. The fraction of sp³-hybridized carbons (Fsp3) is 0.267. The molecule has 20 heavy (non-hydrogen) atoms. The fourth-order valence-electron chi connectivity index (χ4n) is 1.89. The summed E-state index contributed by atoms with van der Waals surface area (Å²) in [6.07, 6.45) is 0.800. The predicted octanol–water partition coefficient (Wildman–Crippen LogP) is 1.76. The van der Waals surface area contributed by atoms with Crippen LogP contribution in [0.1, 0.15) is 18.5 Å². The van der Waals surface area contributed by atoms with Gasteiger partial charge in [-0.05, 0) is 18.6 Å². The SMILES string of the molecule is O=C(O)CCNC(=O)CCc1ccc2ccccc2n1. The Hall–Kier alpha value is -2.43. The largest absolute Gasteiger partial charge is 0.481 e. The third-order valence-corrected chi connectivity index (χ3v) is 2.93. The molecule has 0 radical (unpaired) electrons. The summed E-state index contributed by atoms with van der Waals surface area (Å²) < 4.78 is 0. The summed E-state index contributed by atoms with van der Waals surface area (Å²) in [5, 5.41) is 12.1. The number of benzene rings is 1. The number of aromatic nitrogens is 1. The number of hydrogen-bond acceptors (Lipinski definition) is 3. The van der Waals surface area contributed by atoms with Crippen molar-refractivity contribution < 1.29 is 14.7 Å². The quantitative estimate of drug-likeness (QED) is 0.839. The van der Waals surface area contributed by atoms with Crippen LogP contribution in [0, 0.1) is 0 Å². The van der Waals surface area contributed by atoms with Crippen molar-refractivity contribution in [3.63, 3.8) is 0 Å². The van der Waals surface area contributed by atoms with Gasteiger partial charge >= 0.3 is 5.97 Å². The molecule has 0 saturated carbocycles. The highest BCUT2D eigenvalue weighted by Crippen LogP contribution is 2.12. The molecule has 1 amide bonds. The molecule has 0 aliphatic rings. The maximum atomic E-state index is 11.5. The molecular weight excluding hydrogens is 256 g/mol. The molecule has 2 aromatic rings. The van der Waals surface area contributed by atoms with Gasteiger partial charge in [0.15, 0.2) is 0 Å². The summed E-state index contributed by atoms with van der Waals surface area (Å²) in [6.45, 7) is 0.166. The van der Waals surface area contributed by atoms with E-state index in [1.54, 1.807) is 0 Å². The number of aliphatic carboxylic acids is 1. The lowest BCUT2D eigenvalue weighted by atomic mass is 10.1. The molecule has 0 atom stereocenters. The number of amides is 1. The molecule has 1 heterocycles. The van der Waals surface area contributed by atoms with E-state index in [0.29, 0.717) is 12.8 Å². The number of carbonyl (C=O) groups is 2. The molecule has 0 aliphatic carbocycles. The van der Waals surface area contributed by atoms with E-state index in [9.17, 15) is 9.59 Å². The van der Waals surface area contributed by atoms with Crippen LogP contribution in [-0.2, 0) is 16.0 Å². The van der Waals surface area contributed by atoms with Gasteiger partial charge in [-0.15, -0.1) is 0 Å². The fourth-order valence-corrected chi connectivity index (χ4v) is 1.89. The maximum absolute atomic E-state index is 11.5. The zero-order chi connectivity index (χ0) is 14.4. The summed E-state index contributed by atoms with van der Waals surface area (Å²) in [5.74, 6) is -1.07. The first-order valence-corrected chi connectivity index (χ1v) is 6.48. The third-order valence-electron chi connectivity index (χ3n) is 2.93. The Bertz CT molecular complexity index is 625. The predicted molar refractivity (Wildman–Crippen MR) is 75.3 cm³/mol. The molecule has 104 valence electrons. The van der Waals surface area contributed by atoms with Crippen molar-refractivity contribution in [1.29, 1.82) is 0 Å². The monoisotopic (exact) mass is 272 g/mol. The number of nitrogens with zero attached hydrogens (tertiary/aromatic N) is 1. The van der Waals surface area contributed by atoms with Crippen molar-refractivity contribution in [2.45, 2.75) is 19.3 Å². The Morgan fingerprint density at radius 3 is 2.70 bits per heavy atom. The number of rotatable bonds is 6. The van der Waals surface area contributed by atoms with Crippen molar-refractivity contribution in [3.05, 3.63) is 42.1 Å². The van der Waals surface area contributed by atoms with Gasteiger partial charge in [0.1, 0.15) is 0 Å². The second kappa shape index (κ2) is 6.65. The number of nitrogens with one attached hydrogen (secondary N) is 1. The smallest absolute Gasteiger partial charge is 0.305 e. The van der Waals surface area contributed by atoms with E-state index in [1.165, 1.54) is 0 Å². The van der Waals surface area contributed by atoms with Crippen LogP contribution in [0.3, 0.4) is 0 Å². The summed E-state index contributed by atoms with van der Waals surface area (Å²) in [5.41, 5.74) is 1.77. The van der Waals surface area contributed by atoms with Gasteiger partial charge in [0.25, 0.3) is 0 Å². The number of pyridine rings is 1. The molecule has 1 aromatic heterocycles. The Morgan fingerprint density at radius 1 is 1.10 bits per heavy atom. The standard InChI is InChI=1S/C15H16N2O3/c18-14(16-10-9-15(19)20)8-7-12-6-5-11-3-1-2-4-13(11)17-12/h1-6H,7-10H2,(H,16,18)(H,19,20). The van der Waals surface area contributed by atoms with Crippen LogP contribution in [0.15, 0.2) is 36.4 Å². The molecule has 0 spiro atoms.